The largest absolute Gasteiger partial charge is 0.271 e. The van der Waals surface area contributed by atoms with Crippen LogP contribution in [-0.2, 0) is 0 Å². The first-order valence-corrected chi connectivity index (χ1v) is 5.65. The number of hydrogen-bond donors (Lipinski definition) is 2. The normalized spacial score (nSPS) is 13.2. The van der Waals surface area contributed by atoms with E-state index in [1.54, 1.807) is 11.3 Å². The lowest BCUT2D eigenvalue weighted by Gasteiger charge is -2.13. The van der Waals surface area contributed by atoms with Crippen LogP contribution in [-0.4, -0.2) is 0 Å². The van der Waals surface area contributed by atoms with Crippen LogP contribution in [0.25, 0.3) is 0 Å². The first-order chi connectivity index (χ1) is 5.79. The van der Waals surface area contributed by atoms with Crippen molar-refractivity contribution in [2.75, 3.05) is 0 Å². The van der Waals surface area contributed by atoms with E-state index in [0.717, 1.165) is 17.3 Å². The zero-order chi connectivity index (χ0) is 8.97. The molecule has 0 fully saturated rings. The highest BCUT2D eigenvalue weighted by Crippen LogP contribution is 2.30. The summed E-state index contributed by atoms with van der Waals surface area (Å²) in [5.41, 5.74) is 2.83. The van der Waals surface area contributed by atoms with E-state index in [2.05, 4.69) is 39.7 Å². The highest BCUT2D eigenvalue weighted by molar-refractivity contribution is 9.10. The van der Waals surface area contributed by atoms with Gasteiger partial charge in [-0.05, 0) is 33.8 Å². The molecule has 12 heavy (non-hydrogen) atoms. The average molecular weight is 249 g/mol. The van der Waals surface area contributed by atoms with Crippen LogP contribution in [0.2, 0.25) is 0 Å². The predicted octanol–water partition coefficient (Wildman–Crippen LogP) is 2.82. The van der Waals surface area contributed by atoms with Gasteiger partial charge in [-0.15, -0.1) is 11.3 Å². The molecular weight excluding hydrogens is 236 g/mol. The molecule has 0 bridgehead atoms. The van der Waals surface area contributed by atoms with Crippen molar-refractivity contribution >= 4 is 27.3 Å². The molecule has 1 atom stereocenters. The van der Waals surface area contributed by atoms with E-state index < -0.39 is 0 Å². The lowest BCUT2D eigenvalue weighted by molar-refractivity contribution is 0.516. The Morgan fingerprint density at radius 2 is 2.50 bits per heavy atom. The van der Waals surface area contributed by atoms with Gasteiger partial charge in [0.25, 0.3) is 0 Å². The fourth-order valence-corrected chi connectivity index (χ4v) is 2.88. The Morgan fingerprint density at radius 1 is 1.75 bits per heavy atom. The predicted molar refractivity (Wildman–Crippen MR) is 57.0 cm³/mol. The van der Waals surface area contributed by atoms with Gasteiger partial charge in [-0.25, -0.2) is 0 Å². The molecule has 1 unspecified atom stereocenters. The number of nitrogens with two attached hydrogens (primary N) is 1. The van der Waals surface area contributed by atoms with E-state index in [0.29, 0.717) is 6.04 Å². The first-order valence-electron chi connectivity index (χ1n) is 3.98. The summed E-state index contributed by atoms with van der Waals surface area (Å²) < 4.78 is 1.16. The maximum absolute atomic E-state index is 5.45. The van der Waals surface area contributed by atoms with Crippen molar-refractivity contribution in [3.63, 3.8) is 0 Å². The number of thiophene rings is 1. The molecule has 1 rings (SSSR count). The van der Waals surface area contributed by atoms with Crippen molar-refractivity contribution in [2.45, 2.75) is 25.8 Å². The summed E-state index contributed by atoms with van der Waals surface area (Å²) in [4.78, 5) is 1.29. The molecule has 3 N–H and O–H groups in total. The zero-order valence-corrected chi connectivity index (χ0v) is 9.41. The van der Waals surface area contributed by atoms with Crippen LogP contribution in [0.15, 0.2) is 15.9 Å². The molecule has 0 radical (unpaired) electrons. The van der Waals surface area contributed by atoms with Crippen molar-refractivity contribution in [3.8, 4) is 0 Å². The summed E-state index contributed by atoms with van der Waals surface area (Å²) in [6.07, 6.45) is 2.22. The number of rotatable bonds is 4. The second-order valence-corrected chi connectivity index (χ2v) is 4.44. The third-order valence-corrected chi connectivity index (χ3v) is 3.72. The van der Waals surface area contributed by atoms with Gasteiger partial charge in [0.1, 0.15) is 0 Å². The van der Waals surface area contributed by atoms with Gasteiger partial charge in [0.15, 0.2) is 0 Å². The fourth-order valence-electron chi connectivity index (χ4n) is 1.13. The Labute approximate surface area is 85.3 Å². The second kappa shape index (κ2) is 4.97. The van der Waals surface area contributed by atoms with Crippen LogP contribution < -0.4 is 11.3 Å². The van der Waals surface area contributed by atoms with E-state index in [-0.39, 0.29) is 0 Å². The Morgan fingerprint density at radius 3 is 2.92 bits per heavy atom. The molecule has 1 heterocycles. The van der Waals surface area contributed by atoms with Gasteiger partial charge in [0, 0.05) is 9.35 Å². The Hall–Kier alpha value is 0.100. The van der Waals surface area contributed by atoms with Crippen LogP contribution in [0.5, 0.6) is 0 Å². The van der Waals surface area contributed by atoms with Crippen LogP contribution in [0.4, 0.5) is 0 Å². The van der Waals surface area contributed by atoms with Crippen LogP contribution in [0, 0.1) is 0 Å². The van der Waals surface area contributed by atoms with Gasteiger partial charge in [-0.3, -0.25) is 11.3 Å². The quantitative estimate of drug-likeness (QED) is 0.636. The molecule has 1 aromatic heterocycles. The fraction of sp³-hybridized carbons (Fsp3) is 0.500. The van der Waals surface area contributed by atoms with Crippen LogP contribution in [0.3, 0.4) is 0 Å². The summed E-state index contributed by atoms with van der Waals surface area (Å²) >= 11 is 5.23. The number of hydrazine groups is 1. The summed E-state index contributed by atoms with van der Waals surface area (Å²) in [5, 5.41) is 2.07. The number of nitrogens with one attached hydrogen (secondary N) is 1. The van der Waals surface area contributed by atoms with Crippen molar-refractivity contribution in [3.05, 3.63) is 20.8 Å². The molecule has 0 aliphatic carbocycles. The molecule has 0 amide bonds. The lowest BCUT2D eigenvalue weighted by atomic mass is 10.1. The molecule has 0 aromatic carbocycles. The van der Waals surface area contributed by atoms with Gasteiger partial charge >= 0.3 is 0 Å². The second-order valence-electron chi connectivity index (χ2n) is 2.64. The smallest absolute Gasteiger partial charge is 0.0564 e. The van der Waals surface area contributed by atoms with E-state index in [4.69, 9.17) is 5.84 Å². The van der Waals surface area contributed by atoms with Crippen molar-refractivity contribution in [1.29, 1.82) is 0 Å². The number of hydrogen-bond acceptors (Lipinski definition) is 3. The van der Waals surface area contributed by atoms with Crippen molar-refractivity contribution in [1.82, 2.24) is 5.43 Å². The Balaban J connectivity index is 2.72. The molecule has 0 saturated carbocycles. The third kappa shape index (κ3) is 2.29. The Kier molecular flexibility index (Phi) is 4.21. The minimum atomic E-state index is 0.296. The Bertz CT molecular complexity index is 237. The molecule has 2 nitrogen and oxygen atoms in total. The molecule has 4 heteroatoms. The zero-order valence-electron chi connectivity index (χ0n) is 7.01. The maximum Gasteiger partial charge on any atom is 0.0564 e. The van der Waals surface area contributed by atoms with E-state index in [9.17, 15) is 0 Å². The standard InChI is InChI=1S/C8H13BrN2S/c1-2-3-7(11-10)8-6(9)4-5-12-8/h4-5,7,11H,2-3,10H2,1H3. The molecule has 0 saturated heterocycles. The summed E-state index contributed by atoms with van der Waals surface area (Å²) in [7, 11) is 0. The highest BCUT2D eigenvalue weighted by atomic mass is 79.9. The molecule has 0 aliphatic rings. The van der Waals surface area contributed by atoms with Gasteiger partial charge in [-0.1, -0.05) is 13.3 Å². The van der Waals surface area contributed by atoms with Crippen molar-refractivity contribution < 1.29 is 0 Å². The molecule has 0 spiro atoms. The molecule has 1 aromatic rings. The molecule has 68 valence electrons. The van der Waals surface area contributed by atoms with E-state index in [1.807, 2.05) is 0 Å². The van der Waals surface area contributed by atoms with Crippen LogP contribution >= 0.6 is 27.3 Å². The third-order valence-electron chi connectivity index (χ3n) is 1.74. The monoisotopic (exact) mass is 248 g/mol. The number of halogens is 1. The van der Waals surface area contributed by atoms with Crippen molar-refractivity contribution in [2.24, 2.45) is 5.84 Å². The summed E-state index contributed by atoms with van der Waals surface area (Å²) in [6, 6.07) is 2.35. The van der Waals surface area contributed by atoms with Gasteiger partial charge in [0.2, 0.25) is 0 Å². The minimum absolute atomic E-state index is 0.296. The lowest BCUT2D eigenvalue weighted by Crippen LogP contribution is -2.27. The topological polar surface area (TPSA) is 38.0 Å². The van der Waals surface area contributed by atoms with Gasteiger partial charge < -0.3 is 0 Å². The van der Waals surface area contributed by atoms with E-state index >= 15 is 0 Å². The molecule has 0 aliphatic heterocycles. The molecular formula is C8H13BrN2S. The van der Waals surface area contributed by atoms with Gasteiger partial charge in [-0.2, -0.15) is 0 Å². The SMILES string of the molecule is CCCC(NN)c1sccc1Br. The maximum atomic E-state index is 5.45. The highest BCUT2D eigenvalue weighted by Gasteiger charge is 2.12. The summed E-state index contributed by atoms with van der Waals surface area (Å²) in [5.74, 6) is 5.45. The van der Waals surface area contributed by atoms with Gasteiger partial charge in [0.05, 0.1) is 6.04 Å². The van der Waals surface area contributed by atoms with Crippen LogP contribution in [0.1, 0.15) is 30.7 Å². The van der Waals surface area contributed by atoms with E-state index in [1.165, 1.54) is 4.88 Å². The minimum Gasteiger partial charge on any atom is -0.271 e. The average Bonchev–Trinajstić information content (AvgIpc) is 2.47. The summed E-state index contributed by atoms with van der Waals surface area (Å²) in [6.45, 7) is 2.16. The first kappa shape index (κ1) is 10.2.